The van der Waals surface area contributed by atoms with E-state index in [0.29, 0.717) is 16.7 Å². The Morgan fingerprint density at radius 2 is 1.52 bits per heavy atom. The van der Waals surface area contributed by atoms with Gasteiger partial charge in [0, 0.05) is 5.56 Å². The Bertz CT molecular complexity index is 1240. The van der Waals surface area contributed by atoms with E-state index in [0.717, 1.165) is 0 Å². The van der Waals surface area contributed by atoms with Gasteiger partial charge in [-0.1, -0.05) is 36.4 Å². The highest BCUT2D eigenvalue weighted by Crippen LogP contribution is 2.36. The van der Waals surface area contributed by atoms with Crippen LogP contribution >= 0.6 is 0 Å². The number of carboxylic acid groups (broad SMARTS) is 2. The lowest BCUT2D eigenvalue weighted by atomic mass is 9.89. The van der Waals surface area contributed by atoms with Crippen LogP contribution in [0, 0.1) is 0 Å². The smallest absolute Gasteiger partial charge is 0.342 e. The molecule has 0 bridgehead atoms. The largest absolute Gasteiger partial charge is 0.478 e. The van der Waals surface area contributed by atoms with Gasteiger partial charge in [-0.25, -0.2) is 14.4 Å². The maximum absolute atomic E-state index is 12.3. The Morgan fingerprint density at radius 1 is 0.935 bits per heavy atom. The molecule has 0 unspecified atom stereocenters. The summed E-state index contributed by atoms with van der Waals surface area (Å²) in [5.41, 5.74) is 4.68. The third-order valence-electron chi connectivity index (χ3n) is 4.58. The molecule has 0 aliphatic rings. The van der Waals surface area contributed by atoms with Crippen molar-refractivity contribution in [3.8, 4) is 22.3 Å². The zero-order chi connectivity index (χ0) is 22.7. The number of aromatic carboxylic acids is 2. The van der Waals surface area contributed by atoms with Gasteiger partial charge in [-0.2, -0.15) is 0 Å². The number of anilines is 1. The predicted molar refractivity (Wildman–Crippen MR) is 112 cm³/mol. The number of carbonyl (C=O) groups excluding carboxylic acids is 1. The summed E-state index contributed by atoms with van der Waals surface area (Å²) in [7, 11) is 0. The van der Waals surface area contributed by atoms with Gasteiger partial charge in [-0.3, -0.25) is 4.79 Å². The zero-order valence-corrected chi connectivity index (χ0v) is 16.3. The number of nitrogens with one attached hydrogen (secondary N) is 1. The molecule has 5 N–H and O–H groups in total. The van der Waals surface area contributed by atoms with Crippen molar-refractivity contribution in [2.45, 2.75) is 6.92 Å². The minimum Gasteiger partial charge on any atom is -0.478 e. The van der Waals surface area contributed by atoms with Gasteiger partial charge in [0.1, 0.15) is 16.9 Å². The summed E-state index contributed by atoms with van der Waals surface area (Å²) in [6.07, 6.45) is 0. The third-order valence-corrected chi connectivity index (χ3v) is 4.58. The van der Waals surface area contributed by atoms with E-state index < -0.39 is 40.4 Å². The molecule has 0 saturated carbocycles. The van der Waals surface area contributed by atoms with Crippen LogP contribution in [0.2, 0.25) is 0 Å². The molecule has 9 heteroatoms. The van der Waals surface area contributed by atoms with E-state index >= 15 is 0 Å². The molecule has 3 rings (SSSR count). The van der Waals surface area contributed by atoms with E-state index in [1.165, 1.54) is 18.2 Å². The van der Waals surface area contributed by atoms with Gasteiger partial charge in [0.05, 0.1) is 12.2 Å². The number of ether oxygens (including phenoxy) is 1. The van der Waals surface area contributed by atoms with Crippen LogP contribution in [-0.4, -0.2) is 39.7 Å². The van der Waals surface area contributed by atoms with Crippen LogP contribution in [-0.2, 0) is 4.74 Å². The average molecular weight is 422 g/mol. The van der Waals surface area contributed by atoms with Crippen LogP contribution < -0.4 is 11.3 Å². The second kappa shape index (κ2) is 8.54. The number of nitrogens with two attached hydrogens (primary N) is 1. The van der Waals surface area contributed by atoms with Gasteiger partial charge in [0.15, 0.2) is 0 Å². The highest BCUT2D eigenvalue weighted by Gasteiger charge is 2.28. The van der Waals surface area contributed by atoms with Crippen molar-refractivity contribution < 1.29 is 29.3 Å². The number of benzene rings is 2. The predicted octanol–water partition coefficient (Wildman–Crippen LogP) is 2.86. The van der Waals surface area contributed by atoms with Crippen LogP contribution in [0.1, 0.15) is 38.0 Å². The lowest BCUT2D eigenvalue weighted by Gasteiger charge is -2.16. The molecule has 158 valence electrons. The number of carboxylic acids is 2. The van der Waals surface area contributed by atoms with Crippen molar-refractivity contribution in [3.05, 3.63) is 75.6 Å². The Kier molecular flexibility index (Phi) is 5.87. The molecule has 1 heterocycles. The van der Waals surface area contributed by atoms with Crippen LogP contribution in [0.25, 0.3) is 22.3 Å². The topological polar surface area (TPSA) is 160 Å². The molecule has 3 aromatic rings. The van der Waals surface area contributed by atoms with Crippen LogP contribution in [0.5, 0.6) is 0 Å². The van der Waals surface area contributed by atoms with Crippen molar-refractivity contribution >= 4 is 23.7 Å². The van der Waals surface area contributed by atoms with Gasteiger partial charge < -0.3 is 25.7 Å². The van der Waals surface area contributed by atoms with Crippen LogP contribution in [0.3, 0.4) is 0 Å². The maximum atomic E-state index is 12.3. The van der Waals surface area contributed by atoms with Gasteiger partial charge in [-0.05, 0) is 35.7 Å². The molecule has 0 amide bonds. The van der Waals surface area contributed by atoms with Gasteiger partial charge in [0.25, 0.3) is 5.56 Å². The quantitative estimate of drug-likeness (QED) is 0.441. The first-order valence-corrected chi connectivity index (χ1v) is 9.15. The van der Waals surface area contributed by atoms with Crippen molar-refractivity contribution in [2.24, 2.45) is 0 Å². The molecule has 0 spiro atoms. The number of hydrogen-bond acceptors (Lipinski definition) is 6. The summed E-state index contributed by atoms with van der Waals surface area (Å²) >= 11 is 0. The zero-order valence-electron chi connectivity index (χ0n) is 16.3. The lowest BCUT2D eigenvalue weighted by molar-refractivity contribution is 0.0525. The number of H-pyrrole nitrogens is 1. The van der Waals surface area contributed by atoms with E-state index in [1.54, 1.807) is 37.3 Å². The van der Waals surface area contributed by atoms with Crippen molar-refractivity contribution in [3.63, 3.8) is 0 Å². The van der Waals surface area contributed by atoms with Crippen LogP contribution in [0.4, 0.5) is 5.82 Å². The number of carbonyl (C=O) groups is 3. The first kappa shape index (κ1) is 21.3. The molecular formula is C22H18N2O7. The molecule has 1 aromatic heterocycles. The molecule has 0 fully saturated rings. The van der Waals surface area contributed by atoms with E-state index in [1.807, 2.05) is 0 Å². The summed E-state index contributed by atoms with van der Waals surface area (Å²) in [6, 6.07) is 12.7. The Labute approximate surface area is 175 Å². The lowest BCUT2D eigenvalue weighted by Crippen LogP contribution is -2.24. The molecule has 9 nitrogen and oxygen atoms in total. The molecule has 31 heavy (non-hydrogen) atoms. The Balaban J connectivity index is 2.29. The fourth-order valence-corrected chi connectivity index (χ4v) is 3.27. The number of esters is 1. The first-order chi connectivity index (χ1) is 14.8. The number of aromatic nitrogens is 1. The number of hydrogen-bond donors (Lipinski definition) is 4. The average Bonchev–Trinajstić information content (AvgIpc) is 2.72. The third kappa shape index (κ3) is 4.01. The molecule has 0 aliphatic heterocycles. The van der Waals surface area contributed by atoms with E-state index in [4.69, 9.17) is 10.5 Å². The van der Waals surface area contributed by atoms with Crippen molar-refractivity contribution in [1.29, 1.82) is 0 Å². The number of rotatable bonds is 6. The number of pyridine rings is 1. The van der Waals surface area contributed by atoms with Crippen LogP contribution in [0.15, 0.2) is 53.3 Å². The molecule has 0 atom stereocenters. The Morgan fingerprint density at radius 3 is 2.06 bits per heavy atom. The van der Waals surface area contributed by atoms with E-state index in [9.17, 15) is 29.4 Å². The van der Waals surface area contributed by atoms with Crippen molar-refractivity contribution in [2.75, 3.05) is 12.3 Å². The normalized spacial score (nSPS) is 10.5. The summed E-state index contributed by atoms with van der Waals surface area (Å²) < 4.78 is 4.96. The fraction of sp³-hybridized carbons (Fsp3) is 0.0909. The second-order valence-electron chi connectivity index (χ2n) is 6.45. The molecule has 2 aromatic carbocycles. The van der Waals surface area contributed by atoms with Gasteiger partial charge >= 0.3 is 17.9 Å². The maximum Gasteiger partial charge on any atom is 0.342 e. The molecule has 0 aliphatic carbocycles. The van der Waals surface area contributed by atoms with Crippen molar-refractivity contribution in [1.82, 2.24) is 4.98 Å². The fourth-order valence-electron chi connectivity index (χ4n) is 3.27. The van der Waals surface area contributed by atoms with Gasteiger partial charge in [0.2, 0.25) is 0 Å². The molecular weight excluding hydrogens is 404 g/mol. The SMILES string of the molecule is CCOC(=O)c1ccc(-c2ccccc2-c2c(C(=O)O)c(N)[nH]c(=O)c2C(=O)O)cc1. The standard InChI is InChI=1S/C22H18N2O7/c1-2-31-22(30)12-9-7-11(8-10-12)13-5-3-4-6-14(13)15-16(20(26)27)18(23)24-19(25)17(15)21(28)29/h3-10H,2H2,1H3,(H,26,27)(H,28,29)(H3,23,24,25). The number of aromatic amines is 1. The summed E-state index contributed by atoms with van der Waals surface area (Å²) in [4.78, 5) is 50.0. The second-order valence-corrected chi connectivity index (χ2v) is 6.45. The summed E-state index contributed by atoms with van der Waals surface area (Å²) in [5, 5.41) is 19.3. The Hall–Kier alpha value is -4.40. The highest BCUT2D eigenvalue weighted by atomic mass is 16.5. The molecule has 0 radical (unpaired) electrons. The highest BCUT2D eigenvalue weighted by molar-refractivity contribution is 6.09. The monoisotopic (exact) mass is 422 g/mol. The van der Waals surface area contributed by atoms with Gasteiger partial charge in [-0.15, -0.1) is 0 Å². The molecule has 0 saturated heterocycles. The first-order valence-electron chi connectivity index (χ1n) is 9.15. The summed E-state index contributed by atoms with van der Waals surface area (Å²) in [5.74, 6) is -4.03. The minimum absolute atomic E-state index is 0.194. The summed E-state index contributed by atoms with van der Waals surface area (Å²) in [6.45, 7) is 1.92. The number of nitrogen functional groups attached to an aromatic ring is 1. The minimum atomic E-state index is -1.59. The van der Waals surface area contributed by atoms with E-state index in [-0.39, 0.29) is 17.7 Å². The van der Waals surface area contributed by atoms with E-state index in [2.05, 4.69) is 4.98 Å².